The van der Waals surface area contributed by atoms with Crippen molar-refractivity contribution in [2.45, 2.75) is 51.7 Å². The summed E-state index contributed by atoms with van der Waals surface area (Å²) in [7, 11) is 0. The van der Waals surface area contributed by atoms with Crippen molar-refractivity contribution in [3.63, 3.8) is 0 Å². The van der Waals surface area contributed by atoms with Gasteiger partial charge in [-0.05, 0) is 31.7 Å². The molecule has 2 rings (SSSR count). The molecule has 0 fully saturated rings. The fourth-order valence-electron chi connectivity index (χ4n) is 2.68. The Kier molecular flexibility index (Phi) is 5.23. The van der Waals surface area contributed by atoms with Gasteiger partial charge in [-0.25, -0.2) is 0 Å². The Morgan fingerprint density at radius 1 is 1.37 bits per heavy atom. The molecule has 0 saturated carbocycles. The van der Waals surface area contributed by atoms with E-state index in [-0.39, 0.29) is 6.10 Å². The smallest absolute Gasteiger partial charge is 0.128 e. The molecular formula is C16H24O3. The zero-order chi connectivity index (χ0) is 13.7. The van der Waals surface area contributed by atoms with E-state index in [1.54, 1.807) is 0 Å². The molecule has 0 spiro atoms. The highest BCUT2D eigenvalue weighted by atomic mass is 16.5. The van der Waals surface area contributed by atoms with E-state index in [4.69, 9.17) is 9.47 Å². The maximum Gasteiger partial charge on any atom is 0.128 e. The quantitative estimate of drug-likeness (QED) is 0.857. The molecule has 106 valence electrons. The number of fused-ring (bicyclic) bond motifs is 1. The van der Waals surface area contributed by atoms with Crippen LogP contribution in [0, 0.1) is 0 Å². The molecule has 19 heavy (non-hydrogen) atoms. The average Bonchev–Trinajstić information content (AvgIpc) is 2.46. The maximum absolute atomic E-state index is 10.6. The summed E-state index contributed by atoms with van der Waals surface area (Å²) in [5.74, 6) is 0.877. The number of rotatable bonds is 6. The van der Waals surface area contributed by atoms with Crippen LogP contribution in [0.3, 0.4) is 0 Å². The second-order valence-electron chi connectivity index (χ2n) is 5.01. The lowest BCUT2D eigenvalue weighted by Crippen LogP contribution is -2.24. The van der Waals surface area contributed by atoms with Gasteiger partial charge in [0.2, 0.25) is 0 Å². The Morgan fingerprint density at radius 2 is 2.21 bits per heavy atom. The van der Waals surface area contributed by atoms with Crippen molar-refractivity contribution in [3.05, 3.63) is 29.3 Å². The molecule has 0 radical (unpaired) electrons. The minimum Gasteiger partial charge on any atom is -0.493 e. The normalized spacial score (nSPS) is 17.4. The van der Waals surface area contributed by atoms with Gasteiger partial charge in [-0.2, -0.15) is 0 Å². The third-order valence-electron chi connectivity index (χ3n) is 3.59. The van der Waals surface area contributed by atoms with E-state index in [2.05, 4.69) is 13.0 Å². The van der Waals surface area contributed by atoms with Crippen LogP contribution in [0.5, 0.6) is 5.75 Å². The van der Waals surface area contributed by atoms with Gasteiger partial charge in [-0.3, -0.25) is 0 Å². The SMILES string of the molecule is CCCC(OCC)C(O)c1cccc2c1OCCC2. The molecule has 1 aliphatic rings. The van der Waals surface area contributed by atoms with E-state index in [0.717, 1.165) is 43.6 Å². The molecule has 0 bridgehead atoms. The summed E-state index contributed by atoms with van der Waals surface area (Å²) in [4.78, 5) is 0. The predicted molar refractivity (Wildman–Crippen MR) is 75.5 cm³/mol. The van der Waals surface area contributed by atoms with Crippen LogP contribution < -0.4 is 4.74 Å². The zero-order valence-corrected chi connectivity index (χ0v) is 11.9. The van der Waals surface area contributed by atoms with Crippen molar-refractivity contribution >= 4 is 0 Å². The zero-order valence-electron chi connectivity index (χ0n) is 11.9. The van der Waals surface area contributed by atoms with Gasteiger partial charge in [0.15, 0.2) is 0 Å². The number of ether oxygens (including phenoxy) is 2. The number of aliphatic hydroxyl groups is 1. The standard InChI is InChI=1S/C16H24O3/c1-3-7-14(18-4-2)15(17)13-10-5-8-12-9-6-11-19-16(12)13/h5,8,10,14-15,17H,3-4,6-7,9,11H2,1-2H3. The second-order valence-corrected chi connectivity index (χ2v) is 5.01. The Morgan fingerprint density at radius 3 is 2.95 bits per heavy atom. The molecular weight excluding hydrogens is 240 g/mol. The number of aliphatic hydroxyl groups excluding tert-OH is 1. The predicted octanol–water partition coefficient (Wildman–Crippen LogP) is 3.25. The first-order valence-corrected chi connectivity index (χ1v) is 7.32. The maximum atomic E-state index is 10.6. The molecule has 1 N–H and O–H groups in total. The fraction of sp³-hybridized carbons (Fsp3) is 0.625. The second kappa shape index (κ2) is 6.92. The van der Waals surface area contributed by atoms with Gasteiger partial charge in [-0.15, -0.1) is 0 Å². The Hall–Kier alpha value is -1.06. The van der Waals surface area contributed by atoms with E-state index in [0.29, 0.717) is 6.61 Å². The molecule has 0 amide bonds. The summed E-state index contributed by atoms with van der Waals surface area (Å²) in [5, 5.41) is 10.6. The van der Waals surface area contributed by atoms with Crippen molar-refractivity contribution in [2.75, 3.05) is 13.2 Å². The van der Waals surface area contributed by atoms with Crippen molar-refractivity contribution < 1.29 is 14.6 Å². The molecule has 1 aromatic rings. The van der Waals surface area contributed by atoms with E-state index < -0.39 is 6.10 Å². The number of hydrogen-bond acceptors (Lipinski definition) is 3. The first-order valence-electron chi connectivity index (χ1n) is 7.32. The van der Waals surface area contributed by atoms with Gasteiger partial charge >= 0.3 is 0 Å². The van der Waals surface area contributed by atoms with Crippen LogP contribution in [0.15, 0.2) is 18.2 Å². The lowest BCUT2D eigenvalue weighted by molar-refractivity contribution is -0.0395. The van der Waals surface area contributed by atoms with Crippen LogP contribution in [-0.4, -0.2) is 24.4 Å². The first kappa shape index (κ1) is 14.4. The number of aryl methyl sites for hydroxylation is 1. The van der Waals surface area contributed by atoms with Crippen LogP contribution in [0.1, 0.15) is 50.3 Å². The highest BCUT2D eigenvalue weighted by Crippen LogP contribution is 2.35. The molecule has 0 saturated heterocycles. The molecule has 0 aliphatic carbocycles. The van der Waals surface area contributed by atoms with Gasteiger partial charge in [0.05, 0.1) is 12.7 Å². The average molecular weight is 264 g/mol. The van der Waals surface area contributed by atoms with Crippen LogP contribution >= 0.6 is 0 Å². The third-order valence-corrected chi connectivity index (χ3v) is 3.59. The largest absolute Gasteiger partial charge is 0.493 e. The van der Waals surface area contributed by atoms with Gasteiger partial charge < -0.3 is 14.6 Å². The van der Waals surface area contributed by atoms with E-state index >= 15 is 0 Å². The lowest BCUT2D eigenvalue weighted by atomic mass is 9.95. The highest BCUT2D eigenvalue weighted by molar-refractivity contribution is 5.44. The molecule has 0 aromatic heterocycles. The van der Waals surface area contributed by atoms with E-state index in [1.165, 1.54) is 5.56 Å². The van der Waals surface area contributed by atoms with Crippen molar-refractivity contribution in [1.29, 1.82) is 0 Å². The molecule has 2 unspecified atom stereocenters. The summed E-state index contributed by atoms with van der Waals surface area (Å²) in [6, 6.07) is 6.04. The van der Waals surface area contributed by atoms with Crippen LogP contribution in [0.2, 0.25) is 0 Å². The molecule has 1 heterocycles. The Bertz CT molecular complexity index is 397. The topological polar surface area (TPSA) is 38.7 Å². The molecule has 1 aromatic carbocycles. The van der Waals surface area contributed by atoms with Gasteiger partial charge in [0.1, 0.15) is 11.9 Å². The van der Waals surface area contributed by atoms with E-state index in [9.17, 15) is 5.11 Å². The number of hydrogen-bond donors (Lipinski definition) is 1. The van der Waals surface area contributed by atoms with Crippen molar-refractivity contribution in [2.24, 2.45) is 0 Å². The summed E-state index contributed by atoms with van der Waals surface area (Å²) < 4.78 is 11.5. The lowest BCUT2D eigenvalue weighted by Gasteiger charge is -2.27. The molecule has 2 atom stereocenters. The first-order chi connectivity index (χ1) is 9.27. The third kappa shape index (κ3) is 3.28. The summed E-state index contributed by atoms with van der Waals surface area (Å²) in [6.45, 7) is 5.43. The highest BCUT2D eigenvalue weighted by Gasteiger charge is 2.26. The van der Waals surface area contributed by atoms with E-state index in [1.807, 2.05) is 19.1 Å². The minimum atomic E-state index is -0.604. The summed E-state index contributed by atoms with van der Waals surface area (Å²) >= 11 is 0. The van der Waals surface area contributed by atoms with Gasteiger partial charge in [0.25, 0.3) is 0 Å². The van der Waals surface area contributed by atoms with Gasteiger partial charge in [0, 0.05) is 12.2 Å². The number of para-hydroxylation sites is 1. The summed E-state index contributed by atoms with van der Waals surface area (Å²) in [6.07, 6.45) is 3.19. The Labute approximate surface area is 115 Å². The monoisotopic (exact) mass is 264 g/mol. The Balaban J connectivity index is 2.24. The molecule has 3 heteroatoms. The van der Waals surface area contributed by atoms with Crippen LogP contribution in [-0.2, 0) is 11.2 Å². The van der Waals surface area contributed by atoms with Crippen LogP contribution in [0.4, 0.5) is 0 Å². The number of benzene rings is 1. The summed E-state index contributed by atoms with van der Waals surface area (Å²) in [5.41, 5.74) is 2.08. The van der Waals surface area contributed by atoms with Crippen molar-refractivity contribution in [3.8, 4) is 5.75 Å². The fourth-order valence-corrected chi connectivity index (χ4v) is 2.68. The van der Waals surface area contributed by atoms with Gasteiger partial charge in [-0.1, -0.05) is 31.5 Å². The van der Waals surface area contributed by atoms with Crippen LogP contribution in [0.25, 0.3) is 0 Å². The minimum absolute atomic E-state index is 0.146. The van der Waals surface area contributed by atoms with Crippen molar-refractivity contribution in [1.82, 2.24) is 0 Å². The molecule has 1 aliphatic heterocycles. The molecule has 3 nitrogen and oxygen atoms in total.